The molecule has 0 unspecified atom stereocenters. The lowest BCUT2D eigenvalue weighted by molar-refractivity contribution is 0.102. The van der Waals surface area contributed by atoms with Crippen molar-refractivity contribution in [1.29, 1.82) is 0 Å². The second-order valence-corrected chi connectivity index (χ2v) is 9.81. The molecule has 3 aromatic carbocycles. The van der Waals surface area contributed by atoms with Crippen LogP contribution in [0.25, 0.3) is 0 Å². The van der Waals surface area contributed by atoms with Gasteiger partial charge in [0.1, 0.15) is 0 Å². The molecule has 0 aliphatic carbocycles. The van der Waals surface area contributed by atoms with E-state index >= 15 is 0 Å². The van der Waals surface area contributed by atoms with E-state index in [4.69, 9.17) is 0 Å². The highest BCUT2D eigenvalue weighted by atomic mass is 32.2. The van der Waals surface area contributed by atoms with E-state index in [1.807, 2.05) is 39.0 Å². The van der Waals surface area contributed by atoms with Gasteiger partial charge in [0, 0.05) is 24.3 Å². The summed E-state index contributed by atoms with van der Waals surface area (Å²) in [5, 5.41) is 2.93. The molecule has 3 aromatic rings. The molecule has 0 aromatic heterocycles. The summed E-state index contributed by atoms with van der Waals surface area (Å²) in [5.41, 5.74) is 5.18. The van der Waals surface area contributed by atoms with Gasteiger partial charge >= 0.3 is 0 Å². The summed E-state index contributed by atoms with van der Waals surface area (Å²) < 4.78 is 27.5. The number of hydrogen-bond donors (Lipinski definition) is 1. The Morgan fingerprint density at radius 1 is 0.938 bits per heavy atom. The number of amides is 1. The van der Waals surface area contributed by atoms with Gasteiger partial charge in [-0.3, -0.25) is 4.79 Å². The minimum absolute atomic E-state index is 0.182. The Labute approximate surface area is 190 Å². The average Bonchev–Trinajstić information content (AvgIpc) is 2.76. The molecule has 0 spiro atoms. The first-order chi connectivity index (χ1) is 15.2. The Balaban J connectivity index is 1.75. The molecular weight excluding hydrogens is 420 g/mol. The monoisotopic (exact) mass is 448 g/mol. The van der Waals surface area contributed by atoms with Crippen LogP contribution in [0.3, 0.4) is 0 Å². The third-order valence-electron chi connectivity index (χ3n) is 5.20. The maximum Gasteiger partial charge on any atom is 0.255 e. The molecular formula is C26H28N2O3S. The van der Waals surface area contributed by atoms with Crippen LogP contribution in [0.1, 0.15) is 32.6 Å². The minimum Gasteiger partial charge on any atom is -0.322 e. The summed E-state index contributed by atoms with van der Waals surface area (Å²) in [5.74, 6) is -0.210. The molecule has 0 aliphatic rings. The minimum atomic E-state index is -3.67. The van der Waals surface area contributed by atoms with Gasteiger partial charge in [0.2, 0.25) is 10.0 Å². The summed E-state index contributed by atoms with van der Waals surface area (Å²) in [6.07, 6.45) is 1.57. The zero-order valence-electron chi connectivity index (χ0n) is 18.6. The van der Waals surface area contributed by atoms with Gasteiger partial charge in [0.15, 0.2) is 0 Å². The predicted octanol–water partition coefficient (Wildman–Crippen LogP) is 5.24. The van der Waals surface area contributed by atoms with E-state index in [0.29, 0.717) is 5.56 Å². The molecule has 1 amide bonds. The molecule has 0 aliphatic heterocycles. The van der Waals surface area contributed by atoms with Crippen molar-refractivity contribution >= 4 is 21.6 Å². The molecule has 1 N–H and O–H groups in total. The highest BCUT2D eigenvalue weighted by Crippen LogP contribution is 2.20. The van der Waals surface area contributed by atoms with E-state index < -0.39 is 10.0 Å². The summed E-state index contributed by atoms with van der Waals surface area (Å²) >= 11 is 0. The lowest BCUT2D eigenvalue weighted by Crippen LogP contribution is -2.30. The maximum absolute atomic E-state index is 13.1. The van der Waals surface area contributed by atoms with Gasteiger partial charge in [0.25, 0.3) is 5.91 Å². The highest BCUT2D eigenvalue weighted by molar-refractivity contribution is 7.89. The number of hydrogen-bond acceptors (Lipinski definition) is 3. The van der Waals surface area contributed by atoms with Gasteiger partial charge in [0.05, 0.1) is 4.90 Å². The topological polar surface area (TPSA) is 66.5 Å². The number of carbonyl (C=O) groups excluding carboxylic acids is 1. The van der Waals surface area contributed by atoms with Gasteiger partial charge in [-0.25, -0.2) is 8.42 Å². The van der Waals surface area contributed by atoms with Crippen molar-refractivity contribution < 1.29 is 13.2 Å². The van der Waals surface area contributed by atoms with Crippen molar-refractivity contribution in [2.45, 2.75) is 32.2 Å². The average molecular weight is 449 g/mol. The second-order valence-electron chi connectivity index (χ2n) is 7.87. The molecule has 0 fully saturated rings. The smallest absolute Gasteiger partial charge is 0.255 e. The van der Waals surface area contributed by atoms with Crippen molar-refractivity contribution in [2.24, 2.45) is 0 Å². The predicted molar refractivity (Wildman–Crippen MR) is 129 cm³/mol. The Bertz CT molecular complexity index is 1210. The fourth-order valence-corrected chi connectivity index (χ4v) is 4.76. The number of benzene rings is 3. The van der Waals surface area contributed by atoms with Crippen LogP contribution in [0.15, 0.2) is 84.3 Å². The van der Waals surface area contributed by atoms with Gasteiger partial charge in [-0.05, 0) is 62.2 Å². The molecule has 32 heavy (non-hydrogen) atoms. The molecule has 166 valence electrons. The van der Waals surface area contributed by atoms with Crippen LogP contribution in [0, 0.1) is 20.8 Å². The lowest BCUT2D eigenvalue weighted by atomic mass is 10.1. The van der Waals surface area contributed by atoms with Crippen LogP contribution in [0.5, 0.6) is 0 Å². The second kappa shape index (κ2) is 9.94. The summed E-state index contributed by atoms with van der Waals surface area (Å²) in [7, 11) is -3.67. The fraction of sp³-hybridized carbons (Fsp3) is 0.192. The molecule has 0 radical (unpaired) electrons. The standard InChI is InChI=1S/C26H28N2O3S/c1-5-16-28(32(30,31)24-13-6-19(2)7-14-24)18-22-9-11-23(12-10-22)26(29)27-25-15-8-20(3)17-21(25)4/h5-15,17H,1,16,18H2,2-4H3,(H,27,29). The summed E-state index contributed by atoms with van der Waals surface area (Å²) in [6.45, 7) is 9.93. The number of aryl methyl sites for hydroxylation is 3. The number of nitrogens with one attached hydrogen (secondary N) is 1. The normalized spacial score (nSPS) is 11.4. The zero-order valence-corrected chi connectivity index (χ0v) is 19.4. The van der Waals surface area contributed by atoms with Crippen molar-refractivity contribution in [3.05, 3.63) is 107 Å². The van der Waals surface area contributed by atoms with E-state index in [1.54, 1.807) is 54.6 Å². The first kappa shape index (κ1) is 23.4. The molecule has 3 rings (SSSR count). The lowest BCUT2D eigenvalue weighted by Gasteiger charge is -2.21. The highest BCUT2D eigenvalue weighted by Gasteiger charge is 2.23. The van der Waals surface area contributed by atoms with E-state index in [1.165, 1.54) is 4.31 Å². The number of sulfonamides is 1. The Hall–Kier alpha value is -3.22. The summed E-state index contributed by atoms with van der Waals surface area (Å²) in [4.78, 5) is 12.9. The third kappa shape index (κ3) is 5.52. The van der Waals surface area contributed by atoms with E-state index in [-0.39, 0.29) is 23.9 Å². The van der Waals surface area contributed by atoms with Crippen LogP contribution >= 0.6 is 0 Å². The van der Waals surface area contributed by atoms with Crippen molar-refractivity contribution in [3.63, 3.8) is 0 Å². The van der Waals surface area contributed by atoms with Crippen LogP contribution in [0.4, 0.5) is 5.69 Å². The molecule has 0 saturated carbocycles. The van der Waals surface area contributed by atoms with Gasteiger partial charge < -0.3 is 5.32 Å². The van der Waals surface area contributed by atoms with E-state index in [0.717, 1.165) is 27.9 Å². The largest absolute Gasteiger partial charge is 0.322 e. The first-order valence-electron chi connectivity index (χ1n) is 10.4. The zero-order chi connectivity index (χ0) is 23.3. The van der Waals surface area contributed by atoms with Gasteiger partial charge in [-0.1, -0.05) is 53.6 Å². The SMILES string of the molecule is C=CCN(Cc1ccc(C(=O)Nc2ccc(C)cc2C)cc1)S(=O)(=O)c1ccc(C)cc1. The number of anilines is 1. The van der Waals surface area contributed by atoms with Crippen LogP contribution in [-0.2, 0) is 16.6 Å². The molecule has 5 nitrogen and oxygen atoms in total. The van der Waals surface area contributed by atoms with Crippen LogP contribution < -0.4 is 5.32 Å². The van der Waals surface area contributed by atoms with Crippen LogP contribution in [-0.4, -0.2) is 25.2 Å². The van der Waals surface area contributed by atoms with Crippen molar-refractivity contribution in [3.8, 4) is 0 Å². The maximum atomic E-state index is 13.1. The van der Waals surface area contributed by atoms with Crippen molar-refractivity contribution in [1.82, 2.24) is 4.31 Å². The van der Waals surface area contributed by atoms with E-state index in [2.05, 4.69) is 11.9 Å². The Morgan fingerprint density at radius 2 is 1.56 bits per heavy atom. The number of carbonyl (C=O) groups is 1. The van der Waals surface area contributed by atoms with Gasteiger partial charge in [-0.15, -0.1) is 6.58 Å². The molecule has 0 saturated heterocycles. The number of rotatable bonds is 8. The molecule has 0 bridgehead atoms. The third-order valence-corrected chi connectivity index (χ3v) is 7.02. The Morgan fingerprint density at radius 3 is 2.16 bits per heavy atom. The van der Waals surface area contributed by atoms with Gasteiger partial charge in [-0.2, -0.15) is 4.31 Å². The number of nitrogens with zero attached hydrogens (tertiary/aromatic N) is 1. The quantitative estimate of drug-likeness (QED) is 0.479. The molecule has 6 heteroatoms. The van der Waals surface area contributed by atoms with E-state index in [9.17, 15) is 13.2 Å². The molecule has 0 atom stereocenters. The Kier molecular flexibility index (Phi) is 7.28. The first-order valence-corrected chi connectivity index (χ1v) is 11.8. The van der Waals surface area contributed by atoms with Crippen LogP contribution in [0.2, 0.25) is 0 Å². The molecule has 0 heterocycles. The fourth-order valence-electron chi connectivity index (χ4n) is 3.36. The summed E-state index contributed by atoms with van der Waals surface area (Å²) in [6, 6.07) is 19.6. The van der Waals surface area contributed by atoms with Crippen molar-refractivity contribution in [2.75, 3.05) is 11.9 Å².